The van der Waals surface area contributed by atoms with Gasteiger partial charge in [0.25, 0.3) is 5.79 Å². The number of rotatable bonds is 9. The molecule has 162 valence electrons. The highest BCUT2D eigenvalue weighted by Gasteiger charge is 2.44. The van der Waals surface area contributed by atoms with Crippen molar-refractivity contribution >= 4 is 11.7 Å². The summed E-state index contributed by atoms with van der Waals surface area (Å²) in [6.45, 7) is 5.09. The van der Waals surface area contributed by atoms with E-state index in [0.29, 0.717) is 30.4 Å². The van der Waals surface area contributed by atoms with Gasteiger partial charge in [-0.3, -0.25) is 0 Å². The Labute approximate surface area is 172 Å². The molecule has 1 aromatic rings. The lowest BCUT2D eigenvalue weighted by molar-refractivity contribution is -0.0716. The molecule has 1 atom stereocenters. The molecule has 1 aliphatic heterocycles. The summed E-state index contributed by atoms with van der Waals surface area (Å²) in [7, 11) is 1.63. The van der Waals surface area contributed by atoms with Crippen molar-refractivity contribution in [3.63, 3.8) is 0 Å². The zero-order valence-corrected chi connectivity index (χ0v) is 17.5. The van der Waals surface area contributed by atoms with Gasteiger partial charge in [0.15, 0.2) is 11.5 Å². The Kier molecular flexibility index (Phi) is 7.21. The van der Waals surface area contributed by atoms with Gasteiger partial charge < -0.3 is 34.3 Å². The number of fused-ring (bicyclic) bond motifs is 1. The van der Waals surface area contributed by atoms with Crippen LogP contribution in [0.1, 0.15) is 39.5 Å². The van der Waals surface area contributed by atoms with Gasteiger partial charge in [0.1, 0.15) is 0 Å². The highest BCUT2D eigenvalue weighted by atomic mass is 16.7. The molecule has 1 aliphatic carbocycles. The van der Waals surface area contributed by atoms with Crippen molar-refractivity contribution in [1.29, 1.82) is 0 Å². The Bertz CT molecular complexity index is 690. The molecule has 1 saturated carbocycles. The highest BCUT2D eigenvalue weighted by molar-refractivity contribution is 5.89. The van der Waals surface area contributed by atoms with E-state index in [9.17, 15) is 9.90 Å². The number of hydrogen-bond acceptors (Lipinski definition) is 6. The summed E-state index contributed by atoms with van der Waals surface area (Å²) in [5, 5.41) is 12.9. The van der Waals surface area contributed by atoms with E-state index in [2.05, 4.69) is 5.32 Å². The molecule has 1 unspecified atom stereocenters. The topological polar surface area (TPSA) is 89.5 Å². The number of hydrogen-bond donors (Lipinski definition) is 2. The van der Waals surface area contributed by atoms with E-state index < -0.39 is 11.9 Å². The summed E-state index contributed by atoms with van der Waals surface area (Å²) >= 11 is 0. The van der Waals surface area contributed by atoms with Gasteiger partial charge in [0.05, 0.1) is 38.6 Å². The largest absolute Gasteiger partial charge is 0.448 e. The van der Waals surface area contributed by atoms with Gasteiger partial charge in [0, 0.05) is 31.6 Å². The van der Waals surface area contributed by atoms with Crippen molar-refractivity contribution in [1.82, 2.24) is 4.90 Å². The Morgan fingerprint density at radius 3 is 2.69 bits per heavy atom. The summed E-state index contributed by atoms with van der Waals surface area (Å²) in [4.78, 5) is 13.8. The van der Waals surface area contributed by atoms with E-state index in [1.54, 1.807) is 19.2 Å². The van der Waals surface area contributed by atoms with Crippen LogP contribution in [0.5, 0.6) is 11.5 Å². The second kappa shape index (κ2) is 9.65. The number of aliphatic hydroxyl groups excluding tert-OH is 1. The molecule has 0 radical (unpaired) electrons. The van der Waals surface area contributed by atoms with Crippen LogP contribution in [0.4, 0.5) is 10.5 Å². The fourth-order valence-electron chi connectivity index (χ4n) is 3.52. The number of likely N-dealkylation sites (N-methyl/N-ethyl adjacent to an activating group) is 1. The summed E-state index contributed by atoms with van der Waals surface area (Å²) in [6, 6.07) is 5.07. The molecule has 8 heteroatoms. The van der Waals surface area contributed by atoms with Crippen LogP contribution >= 0.6 is 0 Å². The number of aliphatic hydroxyl groups is 1. The number of ether oxygens (including phenoxy) is 4. The molecule has 0 bridgehead atoms. The maximum absolute atomic E-state index is 12.4. The van der Waals surface area contributed by atoms with Crippen molar-refractivity contribution in [3.8, 4) is 11.5 Å². The van der Waals surface area contributed by atoms with E-state index >= 15 is 0 Å². The Morgan fingerprint density at radius 1 is 1.24 bits per heavy atom. The molecule has 2 amide bonds. The molecule has 1 spiro atoms. The van der Waals surface area contributed by atoms with Gasteiger partial charge in [-0.1, -0.05) is 0 Å². The van der Waals surface area contributed by atoms with Crippen LogP contribution in [-0.4, -0.2) is 67.4 Å². The number of carbonyl (C=O) groups is 1. The predicted molar refractivity (Wildman–Crippen MR) is 108 cm³/mol. The zero-order chi connectivity index (χ0) is 20.9. The van der Waals surface area contributed by atoms with Gasteiger partial charge in [-0.15, -0.1) is 0 Å². The van der Waals surface area contributed by atoms with E-state index in [1.807, 2.05) is 19.9 Å². The normalized spacial score (nSPS) is 17.7. The maximum atomic E-state index is 12.4. The van der Waals surface area contributed by atoms with E-state index in [0.717, 1.165) is 25.7 Å². The van der Waals surface area contributed by atoms with E-state index in [4.69, 9.17) is 18.9 Å². The molecule has 0 aromatic heterocycles. The molecule has 3 rings (SSSR count). The average molecular weight is 408 g/mol. The van der Waals surface area contributed by atoms with Crippen molar-refractivity contribution < 1.29 is 28.8 Å². The van der Waals surface area contributed by atoms with Crippen LogP contribution in [0.2, 0.25) is 0 Å². The smallest absolute Gasteiger partial charge is 0.321 e. The number of nitrogens with zero attached hydrogens (tertiary/aromatic N) is 1. The minimum absolute atomic E-state index is 0.144. The minimum atomic E-state index is -0.774. The van der Waals surface area contributed by atoms with Crippen LogP contribution in [0, 0.1) is 0 Å². The zero-order valence-electron chi connectivity index (χ0n) is 17.5. The number of urea groups is 1. The molecular weight excluding hydrogens is 376 g/mol. The Balaban J connectivity index is 1.42. The van der Waals surface area contributed by atoms with Crippen molar-refractivity contribution in [2.75, 3.05) is 38.7 Å². The van der Waals surface area contributed by atoms with Crippen molar-refractivity contribution in [2.45, 2.75) is 57.5 Å². The number of nitrogens with one attached hydrogen (secondary N) is 1. The molecule has 2 aliphatic rings. The average Bonchev–Trinajstić information content (AvgIpc) is 3.26. The second-order valence-electron chi connectivity index (χ2n) is 7.94. The summed E-state index contributed by atoms with van der Waals surface area (Å²) in [5.74, 6) is 0.850. The van der Waals surface area contributed by atoms with Crippen LogP contribution < -0.4 is 14.8 Å². The molecule has 0 saturated heterocycles. The van der Waals surface area contributed by atoms with E-state index in [-0.39, 0.29) is 25.3 Å². The molecular formula is C21H32N2O6. The highest BCUT2D eigenvalue weighted by Crippen LogP contribution is 2.47. The fourth-order valence-corrected chi connectivity index (χ4v) is 3.52. The molecule has 1 heterocycles. The quantitative estimate of drug-likeness (QED) is 0.611. The van der Waals surface area contributed by atoms with Gasteiger partial charge >= 0.3 is 6.03 Å². The summed E-state index contributed by atoms with van der Waals surface area (Å²) in [5.41, 5.74) is 0.621. The van der Waals surface area contributed by atoms with Gasteiger partial charge in [-0.2, -0.15) is 0 Å². The molecule has 8 nitrogen and oxygen atoms in total. The Hall–Kier alpha value is -2.03. The van der Waals surface area contributed by atoms with Crippen molar-refractivity contribution in [2.24, 2.45) is 0 Å². The third-order valence-electron chi connectivity index (χ3n) is 4.97. The van der Waals surface area contributed by atoms with Gasteiger partial charge in [0.2, 0.25) is 0 Å². The third-order valence-corrected chi connectivity index (χ3v) is 4.97. The minimum Gasteiger partial charge on any atom is -0.448 e. The molecule has 29 heavy (non-hydrogen) atoms. The van der Waals surface area contributed by atoms with Crippen LogP contribution in [0.15, 0.2) is 18.2 Å². The molecule has 1 fully saturated rings. The lowest BCUT2D eigenvalue weighted by Crippen LogP contribution is -2.39. The first kappa shape index (κ1) is 21.7. The SMILES string of the molecule is CC(C)OCCOCC(O)CN(C)C(=O)Nc1ccc2c(c1)OC1(CCCC1)O2. The Morgan fingerprint density at radius 2 is 1.97 bits per heavy atom. The van der Waals surface area contributed by atoms with Gasteiger partial charge in [-0.05, 0) is 38.8 Å². The van der Waals surface area contributed by atoms with E-state index in [1.165, 1.54) is 4.90 Å². The fraction of sp³-hybridized carbons (Fsp3) is 0.667. The maximum Gasteiger partial charge on any atom is 0.321 e. The lowest BCUT2D eigenvalue weighted by Gasteiger charge is -2.21. The van der Waals surface area contributed by atoms with Crippen LogP contribution in [-0.2, 0) is 9.47 Å². The monoisotopic (exact) mass is 408 g/mol. The number of carbonyl (C=O) groups excluding carboxylic acids is 1. The summed E-state index contributed by atoms with van der Waals surface area (Å²) < 4.78 is 22.8. The lowest BCUT2D eigenvalue weighted by atomic mass is 10.2. The number of anilines is 1. The molecule has 1 aromatic carbocycles. The number of amides is 2. The first-order valence-corrected chi connectivity index (χ1v) is 10.3. The summed E-state index contributed by atoms with van der Waals surface area (Å²) in [6.07, 6.45) is 3.34. The number of benzene rings is 1. The predicted octanol–water partition coefficient (Wildman–Crippen LogP) is 2.99. The molecule has 2 N–H and O–H groups in total. The van der Waals surface area contributed by atoms with Crippen molar-refractivity contribution in [3.05, 3.63) is 18.2 Å². The standard InChI is InChI=1S/C21H32N2O6/c1-15(2)27-11-10-26-14-17(24)13-23(3)20(25)22-16-6-7-18-19(12-16)29-21(28-18)8-4-5-9-21/h6-7,12,15,17,24H,4-5,8-11,13-14H2,1-3H3,(H,22,25). The van der Waals surface area contributed by atoms with Crippen LogP contribution in [0.3, 0.4) is 0 Å². The van der Waals surface area contributed by atoms with Gasteiger partial charge in [-0.25, -0.2) is 4.79 Å². The second-order valence-corrected chi connectivity index (χ2v) is 7.94. The van der Waals surface area contributed by atoms with Crippen LogP contribution in [0.25, 0.3) is 0 Å². The first-order chi connectivity index (χ1) is 13.9. The first-order valence-electron chi connectivity index (χ1n) is 10.3. The third kappa shape index (κ3) is 5.98.